The van der Waals surface area contributed by atoms with E-state index in [4.69, 9.17) is 5.73 Å². The van der Waals surface area contributed by atoms with Crippen molar-refractivity contribution in [3.05, 3.63) is 59.3 Å². The Morgan fingerprint density at radius 2 is 1.52 bits per heavy atom. The number of hydrogen-bond donors (Lipinski definition) is 3. The van der Waals surface area contributed by atoms with Gasteiger partial charge in [-0.05, 0) is 68.1 Å². The van der Waals surface area contributed by atoms with Crippen LogP contribution in [-0.4, -0.2) is 119 Å². The molecule has 4 saturated heterocycles. The van der Waals surface area contributed by atoms with Gasteiger partial charge in [-0.2, -0.15) is 4.98 Å². The van der Waals surface area contributed by atoms with E-state index in [1.807, 2.05) is 18.2 Å². The van der Waals surface area contributed by atoms with E-state index in [0.29, 0.717) is 28.8 Å². The molecule has 3 aromatic rings. The summed E-state index contributed by atoms with van der Waals surface area (Å²) in [5.74, 6) is -1.38. The molecule has 0 radical (unpaired) electrons. The minimum atomic E-state index is -0.970. The maximum Gasteiger partial charge on any atom is 0.273 e. The summed E-state index contributed by atoms with van der Waals surface area (Å²) < 4.78 is 0. The Kier molecular flexibility index (Phi) is 8.90. The van der Waals surface area contributed by atoms with E-state index in [0.717, 1.165) is 93.7 Å². The number of primary amides is 1. The molecule has 1 unspecified atom stereocenters. The molecule has 6 heterocycles. The van der Waals surface area contributed by atoms with Crippen LogP contribution >= 0.6 is 0 Å². The zero-order valence-corrected chi connectivity index (χ0v) is 28.8. The molecule has 0 bridgehead atoms. The summed E-state index contributed by atoms with van der Waals surface area (Å²) in [6.07, 6.45) is 3.55. The lowest BCUT2D eigenvalue weighted by atomic mass is 9.97. The van der Waals surface area contributed by atoms with E-state index in [1.165, 1.54) is 6.42 Å². The first-order valence-corrected chi connectivity index (χ1v) is 18.0. The Balaban J connectivity index is 0.820. The van der Waals surface area contributed by atoms with Crippen molar-refractivity contribution >= 4 is 58.4 Å². The zero-order valence-electron chi connectivity index (χ0n) is 28.8. The highest BCUT2D eigenvalue weighted by molar-refractivity contribution is 6.23. The molecular formula is C36H41N11O5. The first kappa shape index (κ1) is 33.5. The summed E-state index contributed by atoms with van der Waals surface area (Å²) in [6.45, 7) is 8.08. The van der Waals surface area contributed by atoms with Crippen LogP contribution < -0.4 is 31.1 Å². The minimum Gasteiger partial charge on any atom is -0.371 e. The Bertz CT molecular complexity index is 1920. The maximum atomic E-state index is 13.2. The fourth-order valence-electron chi connectivity index (χ4n) is 7.80. The van der Waals surface area contributed by atoms with Crippen LogP contribution in [0.3, 0.4) is 0 Å². The number of carbonyl (C=O) groups is 5. The molecular weight excluding hydrogens is 666 g/mol. The number of amides is 5. The second-order valence-electron chi connectivity index (χ2n) is 14.1. The van der Waals surface area contributed by atoms with Crippen LogP contribution in [0.25, 0.3) is 0 Å². The summed E-state index contributed by atoms with van der Waals surface area (Å²) >= 11 is 0. The lowest BCUT2D eigenvalue weighted by Crippen LogP contribution is -2.55. The first-order valence-electron chi connectivity index (χ1n) is 18.0. The van der Waals surface area contributed by atoms with Crippen molar-refractivity contribution in [3.63, 3.8) is 0 Å². The van der Waals surface area contributed by atoms with Crippen LogP contribution in [0, 0.1) is 5.92 Å². The molecule has 4 fully saturated rings. The number of nitrogens with one attached hydrogen (secondary N) is 2. The van der Waals surface area contributed by atoms with Crippen molar-refractivity contribution in [1.82, 2.24) is 30.3 Å². The SMILES string of the molecule is NC(=O)c1nnc(N2CCCCC2)nc1Nc1ccc(N2CCN(CC3CN(c4ccc5c(c4)C(=O)N(C4CCC(=O)NC4=O)C5=O)C3)CC2)cc1. The van der Waals surface area contributed by atoms with E-state index in [2.05, 4.69) is 57.5 Å². The second kappa shape index (κ2) is 13.8. The van der Waals surface area contributed by atoms with Gasteiger partial charge >= 0.3 is 0 Å². The highest BCUT2D eigenvalue weighted by Crippen LogP contribution is 2.33. The van der Waals surface area contributed by atoms with Gasteiger partial charge in [-0.25, -0.2) is 0 Å². The van der Waals surface area contributed by atoms with Gasteiger partial charge in [0.1, 0.15) is 6.04 Å². The number of rotatable bonds is 9. The van der Waals surface area contributed by atoms with Gasteiger partial charge in [-0.1, -0.05) is 0 Å². The number of carbonyl (C=O) groups excluding carboxylic acids is 5. The third-order valence-electron chi connectivity index (χ3n) is 10.7. The fraction of sp³-hybridized carbons (Fsp3) is 0.444. The molecule has 5 aliphatic rings. The Labute approximate surface area is 300 Å². The van der Waals surface area contributed by atoms with Gasteiger partial charge in [0.05, 0.1) is 11.1 Å². The zero-order chi connectivity index (χ0) is 35.9. The molecule has 8 rings (SSSR count). The first-order chi connectivity index (χ1) is 25.2. The summed E-state index contributed by atoms with van der Waals surface area (Å²) in [5.41, 5.74) is 8.95. The normalized spacial score (nSPS) is 21.3. The molecule has 5 amide bonds. The summed E-state index contributed by atoms with van der Waals surface area (Å²) in [4.78, 5) is 77.1. The smallest absolute Gasteiger partial charge is 0.273 e. The number of benzene rings is 2. The number of fused-ring (bicyclic) bond motifs is 1. The molecule has 16 nitrogen and oxygen atoms in total. The monoisotopic (exact) mass is 707 g/mol. The highest BCUT2D eigenvalue weighted by atomic mass is 16.2. The van der Waals surface area contributed by atoms with Crippen LogP contribution in [-0.2, 0) is 9.59 Å². The molecule has 4 N–H and O–H groups in total. The van der Waals surface area contributed by atoms with Crippen molar-refractivity contribution in [2.45, 2.75) is 38.1 Å². The van der Waals surface area contributed by atoms with Crippen molar-refractivity contribution < 1.29 is 24.0 Å². The number of piperazine rings is 1. The second-order valence-corrected chi connectivity index (χ2v) is 14.1. The average Bonchev–Trinajstić information content (AvgIpc) is 3.38. The number of hydrogen-bond acceptors (Lipinski definition) is 13. The molecule has 270 valence electrons. The van der Waals surface area contributed by atoms with E-state index in [9.17, 15) is 24.0 Å². The van der Waals surface area contributed by atoms with E-state index in [-0.39, 0.29) is 18.5 Å². The van der Waals surface area contributed by atoms with Crippen LogP contribution in [0.1, 0.15) is 63.3 Å². The minimum absolute atomic E-state index is 0.00720. The fourth-order valence-corrected chi connectivity index (χ4v) is 7.80. The molecule has 1 atom stereocenters. The van der Waals surface area contributed by atoms with Gasteiger partial charge in [-0.15, -0.1) is 10.2 Å². The van der Waals surface area contributed by atoms with Crippen LogP contribution in [0.2, 0.25) is 0 Å². The van der Waals surface area contributed by atoms with Crippen molar-refractivity contribution in [2.75, 3.05) is 78.9 Å². The number of anilines is 5. The Morgan fingerprint density at radius 1 is 0.808 bits per heavy atom. The standard InChI is InChI=1S/C36H41N11O5/c37-31(49)30-32(40-36(42-41-30)45-12-2-1-3-13-45)38-23-4-6-24(7-5-23)44-16-14-43(15-17-44)19-22-20-46(21-22)25-8-9-26-27(18-25)35(52)47(34(26)51)28-10-11-29(48)39-33(28)50/h4-9,18,22,28H,1-3,10-17,19-21H2,(H2,37,49)(H,38,40,42)(H,39,48,50). The summed E-state index contributed by atoms with van der Waals surface area (Å²) in [5, 5.41) is 13.7. The molecule has 0 saturated carbocycles. The average molecular weight is 708 g/mol. The predicted octanol–water partition coefficient (Wildman–Crippen LogP) is 1.36. The van der Waals surface area contributed by atoms with E-state index in [1.54, 1.807) is 12.1 Å². The third kappa shape index (κ3) is 6.49. The lowest BCUT2D eigenvalue weighted by molar-refractivity contribution is -0.136. The Hall–Kier alpha value is -5.64. The van der Waals surface area contributed by atoms with Gasteiger partial charge < -0.3 is 25.8 Å². The molecule has 1 aromatic heterocycles. The molecule has 0 aliphatic carbocycles. The van der Waals surface area contributed by atoms with E-state index < -0.39 is 35.6 Å². The van der Waals surface area contributed by atoms with Crippen LogP contribution in [0.15, 0.2) is 42.5 Å². The quantitative estimate of drug-likeness (QED) is 0.271. The van der Waals surface area contributed by atoms with Gasteiger partial charge in [0.25, 0.3) is 17.7 Å². The molecule has 0 spiro atoms. The number of nitrogens with two attached hydrogens (primary N) is 1. The maximum absolute atomic E-state index is 13.2. The Morgan fingerprint density at radius 3 is 2.23 bits per heavy atom. The number of piperidine rings is 2. The van der Waals surface area contributed by atoms with Crippen molar-refractivity contribution in [2.24, 2.45) is 11.7 Å². The van der Waals surface area contributed by atoms with Crippen molar-refractivity contribution in [1.29, 1.82) is 0 Å². The highest BCUT2D eigenvalue weighted by Gasteiger charge is 2.45. The van der Waals surface area contributed by atoms with E-state index >= 15 is 0 Å². The van der Waals surface area contributed by atoms with Gasteiger partial charge in [0, 0.05) is 88.3 Å². The predicted molar refractivity (Wildman–Crippen MR) is 192 cm³/mol. The largest absolute Gasteiger partial charge is 0.371 e. The van der Waals surface area contributed by atoms with Gasteiger partial charge in [0.15, 0.2) is 11.5 Å². The van der Waals surface area contributed by atoms with Crippen molar-refractivity contribution in [3.8, 4) is 0 Å². The molecule has 2 aromatic carbocycles. The van der Waals surface area contributed by atoms with Crippen LogP contribution in [0.5, 0.6) is 0 Å². The summed E-state index contributed by atoms with van der Waals surface area (Å²) in [7, 11) is 0. The molecule has 52 heavy (non-hydrogen) atoms. The summed E-state index contributed by atoms with van der Waals surface area (Å²) in [6, 6.07) is 12.4. The number of imide groups is 2. The number of aromatic nitrogens is 3. The van der Waals surface area contributed by atoms with Gasteiger partial charge in [0.2, 0.25) is 17.8 Å². The molecule has 16 heteroatoms. The third-order valence-corrected chi connectivity index (χ3v) is 10.7. The lowest BCUT2D eigenvalue weighted by Gasteiger charge is -2.45. The van der Waals surface area contributed by atoms with Gasteiger partial charge in [-0.3, -0.25) is 39.1 Å². The number of nitrogens with zero attached hydrogens (tertiary/aromatic N) is 8. The molecule has 5 aliphatic heterocycles. The van der Waals surface area contributed by atoms with Crippen LogP contribution in [0.4, 0.5) is 28.8 Å². The topological polar surface area (TPSA) is 190 Å².